The van der Waals surface area contributed by atoms with Crippen molar-refractivity contribution in [1.82, 2.24) is 0 Å². The van der Waals surface area contributed by atoms with E-state index in [1.54, 1.807) is 6.08 Å². The van der Waals surface area contributed by atoms with Crippen LogP contribution in [-0.4, -0.2) is 17.9 Å². The number of hydrogen-bond donors (Lipinski definition) is 0. The van der Waals surface area contributed by atoms with Gasteiger partial charge in [-0.3, -0.25) is 9.59 Å². The minimum Gasteiger partial charge on any atom is -0.457 e. The molecule has 3 aliphatic rings. The quantitative estimate of drug-likeness (QED) is 0.616. The molecule has 0 aromatic rings. The van der Waals surface area contributed by atoms with Crippen LogP contribution in [0.15, 0.2) is 23.3 Å². The molecule has 4 atom stereocenters. The predicted molar refractivity (Wildman–Crippen MR) is 66.7 cm³/mol. The van der Waals surface area contributed by atoms with Crippen LogP contribution in [0, 0.1) is 17.3 Å². The second-order valence-electron chi connectivity index (χ2n) is 6.00. The molecule has 1 aliphatic heterocycles. The smallest absolute Gasteiger partial charge is 0.309 e. The Morgan fingerprint density at radius 3 is 2.83 bits per heavy atom. The summed E-state index contributed by atoms with van der Waals surface area (Å²) >= 11 is 0. The molecule has 0 aromatic heterocycles. The highest BCUT2D eigenvalue weighted by atomic mass is 16.6. The molecule has 1 saturated heterocycles. The number of allylic oxidation sites excluding steroid dienone is 3. The van der Waals surface area contributed by atoms with Gasteiger partial charge in [-0.15, -0.1) is 0 Å². The van der Waals surface area contributed by atoms with Crippen molar-refractivity contribution < 1.29 is 14.3 Å². The number of esters is 1. The van der Waals surface area contributed by atoms with Crippen LogP contribution < -0.4 is 0 Å². The van der Waals surface area contributed by atoms with Crippen molar-refractivity contribution in [2.45, 2.75) is 39.7 Å². The van der Waals surface area contributed by atoms with Crippen LogP contribution in [0.5, 0.6) is 0 Å². The average Bonchev–Trinajstić information content (AvgIpc) is 2.60. The number of hydrogen-bond acceptors (Lipinski definition) is 3. The van der Waals surface area contributed by atoms with Crippen LogP contribution >= 0.6 is 0 Å². The zero-order chi connectivity index (χ0) is 13.1. The van der Waals surface area contributed by atoms with Gasteiger partial charge in [0.25, 0.3) is 0 Å². The number of rotatable bonds is 0. The van der Waals surface area contributed by atoms with Crippen LogP contribution in [0.4, 0.5) is 0 Å². The average molecular weight is 246 g/mol. The van der Waals surface area contributed by atoms with Crippen molar-refractivity contribution in [2.75, 3.05) is 0 Å². The summed E-state index contributed by atoms with van der Waals surface area (Å²) in [5.41, 5.74) is 1.71. The minimum atomic E-state index is -0.180. The summed E-state index contributed by atoms with van der Waals surface area (Å²) in [6.07, 6.45) is 5.46. The van der Waals surface area contributed by atoms with Crippen LogP contribution in [0.25, 0.3) is 0 Å². The van der Waals surface area contributed by atoms with Crippen molar-refractivity contribution in [3.8, 4) is 0 Å². The van der Waals surface area contributed by atoms with Gasteiger partial charge < -0.3 is 4.74 Å². The number of ketones is 1. The van der Waals surface area contributed by atoms with E-state index in [2.05, 4.69) is 6.92 Å². The summed E-state index contributed by atoms with van der Waals surface area (Å²) < 4.78 is 5.55. The van der Waals surface area contributed by atoms with Crippen molar-refractivity contribution in [3.05, 3.63) is 23.3 Å². The lowest BCUT2D eigenvalue weighted by molar-refractivity contribution is -0.143. The molecule has 3 nitrogen and oxygen atoms in total. The molecule has 18 heavy (non-hydrogen) atoms. The number of fused-ring (bicyclic) bond motifs is 3. The highest BCUT2D eigenvalue weighted by Gasteiger charge is 2.52. The SMILES string of the molecule is CC1=C2[C@H]3OC(=O)[C@H](C)[C@H]3CC[C@@]2(C)C=CC1=O. The summed E-state index contributed by atoms with van der Waals surface area (Å²) in [7, 11) is 0. The molecule has 96 valence electrons. The molecule has 3 rings (SSSR count). The molecule has 0 N–H and O–H groups in total. The molecule has 0 radical (unpaired) electrons. The largest absolute Gasteiger partial charge is 0.457 e. The lowest BCUT2D eigenvalue weighted by Gasteiger charge is -2.42. The van der Waals surface area contributed by atoms with Gasteiger partial charge in [0.1, 0.15) is 6.10 Å². The maximum absolute atomic E-state index is 11.9. The maximum Gasteiger partial charge on any atom is 0.309 e. The zero-order valence-electron chi connectivity index (χ0n) is 11.0. The molecule has 0 bridgehead atoms. The highest BCUT2D eigenvalue weighted by Crippen LogP contribution is 2.52. The summed E-state index contributed by atoms with van der Waals surface area (Å²) in [5, 5.41) is 0. The van der Waals surface area contributed by atoms with Crippen molar-refractivity contribution in [2.24, 2.45) is 17.3 Å². The molecule has 0 unspecified atom stereocenters. The van der Waals surface area contributed by atoms with Crippen LogP contribution in [0.3, 0.4) is 0 Å². The fourth-order valence-corrected chi connectivity index (χ4v) is 3.69. The molecular formula is C15H18O3. The number of carbonyl (C=O) groups excluding carboxylic acids is 2. The van der Waals surface area contributed by atoms with Gasteiger partial charge in [0.2, 0.25) is 0 Å². The summed E-state index contributed by atoms with van der Waals surface area (Å²) in [4.78, 5) is 23.6. The van der Waals surface area contributed by atoms with Gasteiger partial charge in [-0.25, -0.2) is 0 Å². The van der Waals surface area contributed by atoms with Gasteiger partial charge in [-0.1, -0.05) is 19.9 Å². The first kappa shape index (κ1) is 11.7. The van der Waals surface area contributed by atoms with Gasteiger partial charge in [-0.2, -0.15) is 0 Å². The third kappa shape index (κ3) is 1.36. The van der Waals surface area contributed by atoms with E-state index in [4.69, 9.17) is 4.74 Å². The first-order valence-electron chi connectivity index (χ1n) is 6.59. The molecule has 1 heterocycles. The maximum atomic E-state index is 11.9. The fraction of sp³-hybridized carbons (Fsp3) is 0.600. The standard InChI is InChI=1S/C15H18O3/c1-8-10-4-6-15(3)7-5-11(16)9(2)12(15)13(10)18-14(8)17/h5,7-8,10,13H,4,6H2,1-3H3/t8-,10-,13+,15+/m1/s1. The van der Waals surface area contributed by atoms with Crippen molar-refractivity contribution >= 4 is 11.8 Å². The van der Waals surface area contributed by atoms with Crippen LogP contribution in [0.1, 0.15) is 33.6 Å². The molecule has 1 saturated carbocycles. The Morgan fingerprint density at radius 1 is 1.39 bits per heavy atom. The number of ether oxygens (including phenoxy) is 1. The monoisotopic (exact) mass is 246 g/mol. The zero-order valence-corrected chi connectivity index (χ0v) is 11.0. The fourth-order valence-electron chi connectivity index (χ4n) is 3.69. The van der Waals surface area contributed by atoms with E-state index < -0.39 is 0 Å². The van der Waals surface area contributed by atoms with Crippen LogP contribution in [0.2, 0.25) is 0 Å². The lowest BCUT2D eigenvalue weighted by Crippen LogP contribution is -2.39. The number of carbonyl (C=O) groups is 2. The minimum absolute atomic E-state index is 0.0409. The van der Waals surface area contributed by atoms with Gasteiger partial charge >= 0.3 is 5.97 Å². The Morgan fingerprint density at radius 2 is 2.11 bits per heavy atom. The van der Waals surface area contributed by atoms with E-state index in [1.807, 2.05) is 19.9 Å². The topological polar surface area (TPSA) is 43.4 Å². The Balaban J connectivity index is 2.10. The first-order valence-corrected chi connectivity index (χ1v) is 6.59. The molecule has 0 spiro atoms. The molecule has 0 amide bonds. The molecule has 2 aliphatic carbocycles. The van der Waals surface area contributed by atoms with E-state index >= 15 is 0 Å². The Bertz CT molecular complexity index is 500. The molecular weight excluding hydrogens is 228 g/mol. The van der Waals surface area contributed by atoms with Gasteiger partial charge in [0.05, 0.1) is 5.92 Å². The summed E-state index contributed by atoms with van der Waals surface area (Å²) in [5.74, 6) is 0.144. The Kier molecular flexibility index (Phi) is 2.31. The van der Waals surface area contributed by atoms with E-state index in [0.717, 1.165) is 24.0 Å². The summed E-state index contributed by atoms with van der Waals surface area (Å²) in [6.45, 7) is 5.94. The predicted octanol–water partition coefficient (Wildman–Crippen LogP) is 2.42. The molecule has 0 aromatic carbocycles. The summed E-state index contributed by atoms with van der Waals surface area (Å²) in [6, 6.07) is 0. The van der Waals surface area contributed by atoms with E-state index in [-0.39, 0.29) is 35.1 Å². The Hall–Kier alpha value is -1.38. The van der Waals surface area contributed by atoms with Gasteiger partial charge in [-0.05, 0) is 31.4 Å². The third-order valence-electron chi connectivity index (χ3n) is 4.92. The lowest BCUT2D eigenvalue weighted by atomic mass is 9.62. The second-order valence-corrected chi connectivity index (χ2v) is 6.00. The highest BCUT2D eigenvalue weighted by molar-refractivity contribution is 6.05. The van der Waals surface area contributed by atoms with Crippen molar-refractivity contribution in [3.63, 3.8) is 0 Å². The van der Waals surface area contributed by atoms with E-state index in [0.29, 0.717) is 0 Å². The normalized spacial score (nSPS) is 42.7. The van der Waals surface area contributed by atoms with Crippen molar-refractivity contribution in [1.29, 1.82) is 0 Å². The third-order valence-corrected chi connectivity index (χ3v) is 4.92. The Labute approximate surface area is 107 Å². The second kappa shape index (κ2) is 3.56. The van der Waals surface area contributed by atoms with E-state index in [9.17, 15) is 9.59 Å². The molecule has 3 heteroatoms. The first-order chi connectivity index (χ1) is 8.44. The van der Waals surface area contributed by atoms with E-state index in [1.165, 1.54) is 0 Å². The molecule has 2 fully saturated rings. The van der Waals surface area contributed by atoms with Crippen LogP contribution in [-0.2, 0) is 14.3 Å². The van der Waals surface area contributed by atoms with Gasteiger partial charge in [0.15, 0.2) is 5.78 Å². The van der Waals surface area contributed by atoms with Gasteiger partial charge in [0, 0.05) is 16.9 Å².